The highest BCUT2D eigenvalue weighted by atomic mass is 32.1. The van der Waals surface area contributed by atoms with Crippen molar-refractivity contribution in [1.29, 1.82) is 0 Å². The fourth-order valence-electron chi connectivity index (χ4n) is 20.4. The minimum atomic E-state index is -0.167. The third kappa shape index (κ3) is 19.2. The molecule has 3 atom stereocenters. The highest BCUT2D eigenvalue weighted by Gasteiger charge is 2.48. The number of benzene rings is 10. The van der Waals surface area contributed by atoms with Gasteiger partial charge in [0.05, 0.1) is 0 Å². The van der Waals surface area contributed by atoms with Crippen LogP contribution in [0.5, 0.6) is 0 Å². The second kappa shape index (κ2) is 40.0. The number of hydrogen-bond donors (Lipinski definition) is 0. The molecule has 4 heteroatoms. The molecular weight excluding hydrogens is 1490 g/mol. The summed E-state index contributed by atoms with van der Waals surface area (Å²) in [5.41, 5.74) is 32.0. The van der Waals surface area contributed by atoms with Gasteiger partial charge in [-0.25, -0.2) is 0 Å². The molecule has 0 radical (unpaired) electrons. The third-order valence-corrected chi connectivity index (χ3v) is 31.0. The number of unbranched alkanes of at least 4 members (excludes halogenated alkanes) is 19. The Hall–Kier alpha value is -8.80. The van der Waals surface area contributed by atoms with Crippen molar-refractivity contribution >= 4 is 56.8 Å². The van der Waals surface area contributed by atoms with Gasteiger partial charge < -0.3 is 9.80 Å². The smallest absolute Gasteiger partial charge is 0.0462 e. The molecule has 0 amide bonds. The molecule has 3 unspecified atom stereocenters. The number of anilines is 6. The van der Waals surface area contributed by atoms with Crippen molar-refractivity contribution in [3.8, 4) is 64.7 Å². The molecule has 0 saturated carbocycles. The van der Waals surface area contributed by atoms with Gasteiger partial charge in [-0.15, -0.1) is 22.7 Å². The van der Waals surface area contributed by atoms with Gasteiger partial charge in [-0.05, 0) is 274 Å². The number of rotatable bonds is 43. The predicted octanol–water partition coefficient (Wildman–Crippen LogP) is 36.9. The minimum absolute atomic E-state index is 0.0324. The summed E-state index contributed by atoms with van der Waals surface area (Å²) in [6, 6.07) is 95.6. The lowest BCUT2D eigenvalue weighted by atomic mass is 9.63. The molecule has 2 aliphatic carbocycles. The Bertz CT molecular complexity index is 5260. The lowest BCUT2D eigenvalue weighted by Crippen LogP contribution is -2.34. The summed E-state index contributed by atoms with van der Waals surface area (Å²) in [7, 11) is 0. The number of fused-ring (bicyclic) bond motifs is 6. The van der Waals surface area contributed by atoms with Crippen molar-refractivity contribution in [2.24, 2.45) is 5.92 Å². The van der Waals surface area contributed by atoms with E-state index in [0.29, 0.717) is 5.92 Å². The van der Waals surface area contributed by atoms with Crippen LogP contribution < -0.4 is 9.80 Å². The van der Waals surface area contributed by atoms with Crippen LogP contribution in [0.15, 0.2) is 243 Å². The monoisotopic (exact) mass is 1630 g/mol. The van der Waals surface area contributed by atoms with E-state index in [1.54, 1.807) is 22.3 Å². The Labute approximate surface area is 733 Å². The molecule has 2 nitrogen and oxygen atoms in total. The first kappa shape index (κ1) is 87.5. The summed E-state index contributed by atoms with van der Waals surface area (Å²) in [6.07, 6.45) is 36.1. The Balaban J connectivity index is 0.727. The van der Waals surface area contributed by atoms with Crippen LogP contribution in [0, 0.1) is 26.7 Å². The van der Waals surface area contributed by atoms with Crippen LogP contribution in [0.3, 0.4) is 0 Å². The Morgan fingerprint density at radius 1 is 0.308 bits per heavy atom. The second-order valence-corrected chi connectivity index (χ2v) is 40.0. The van der Waals surface area contributed by atoms with Gasteiger partial charge in [0.2, 0.25) is 0 Å². The molecule has 14 rings (SSSR count). The molecule has 0 aliphatic heterocycles. The van der Waals surface area contributed by atoms with Crippen LogP contribution in [-0.4, -0.2) is 0 Å². The lowest BCUT2D eigenvalue weighted by Gasteiger charge is -2.40. The van der Waals surface area contributed by atoms with Gasteiger partial charge in [-0.3, -0.25) is 0 Å². The van der Waals surface area contributed by atoms with Crippen molar-refractivity contribution in [3.05, 3.63) is 298 Å². The zero-order chi connectivity index (χ0) is 84.0. The second-order valence-electron chi connectivity index (χ2n) is 37.6. The number of aryl methyl sites for hydroxylation is 3. The average Bonchev–Trinajstić information content (AvgIpc) is 1.56. The summed E-state index contributed by atoms with van der Waals surface area (Å²) < 4.78 is 0. The predicted molar refractivity (Wildman–Crippen MR) is 528 cm³/mol. The molecule has 120 heavy (non-hydrogen) atoms. The maximum absolute atomic E-state index is 2.72. The highest BCUT2D eigenvalue weighted by Crippen LogP contribution is 2.60. The van der Waals surface area contributed by atoms with Gasteiger partial charge in [0.1, 0.15) is 0 Å². The Morgan fingerprint density at radius 2 is 0.667 bits per heavy atom. The van der Waals surface area contributed by atoms with Crippen LogP contribution in [0.25, 0.3) is 64.7 Å². The molecule has 10 aromatic carbocycles. The Morgan fingerprint density at radius 3 is 1.15 bits per heavy atom. The molecule has 626 valence electrons. The van der Waals surface area contributed by atoms with E-state index in [4.69, 9.17) is 0 Å². The molecule has 2 aliphatic rings. The lowest BCUT2D eigenvalue weighted by molar-refractivity contribution is 0.291. The zero-order valence-electron chi connectivity index (χ0n) is 75.8. The van der Waals surface area contributed by atoms with Gasteiger partial charge in [0, 0.05) is 64.5 Å². The van der Waals surface area contributed by atoms with E-state index in [1.807, 2.05) is 22.7 Å². The number of nitrogens with zero attached hydrogens (tertiary/aromatic N) is 2. The van der Waals surface area contributed by atoms with Crippen molar-refractivity contribution in [1.82, 2.24) is 0 Å². The maximum atomic E-state index is 2.72. The fraction of sp³-hybridized carbons (Fsp3) is 0.414. The summed E-state index contributed by atoms with van der Waals surface area (Å²) in [6.45, 7) is 33.3. The van der Waals surface area contributed by atoms with E-state index in [9.17, 15) is 0 Å². The first-order chi connectivity index (χ1) is 58.3. The van der Waals surface area contributed by atoms with Gasteiger partial charge in [-0.1, -0.05) is 368 Å². The quantitative estimate of drug-likeness (QED) is 0.0352. The van der Waals surface area contributed by atoms with Gasteiger partial charge in [-0.2, -0.15) is 0 Å². The van der Waals surface area contributed by atoms with Gasteiger partial charge in [0.15, 0.2) is 0 Å². The SMILES string of the molecule is CCCCCCCCC1(CCCCCCCC)c2cc(-c3ccc(-c4ccc(C)s4)s3)ccc2-c2ccc(C(C)C(C)(C)c3ccc(N(c4ccc(C)cc4)c4ccc(-c5ccc(N(c6ccc(C)cc6)c6ccc(-c7ccc8c(c7)C(CCCCCCCC)(C(C)CCCCCCC)c7cc(C(C)(C)CC)ccc7-8)cc6)cc5)cc4)cc3)cc21. The van der Waals surface area contributed by atoms with E-state index in [1.165, 1.54) is 271 Å². The van der Waals surface area contributed by atoms with E-state index in [-0.39, 0.29) is 27.6 Å². The Kier molecular flexibility index (Phi) is 29.2. The van der Waals surface area contributed by atoms with Crippen molar-refractivity contribution in [3.63, 3.8) is 0 Å². The van der Waals surface area contributed by atoms with Crippen LogP contribution in [-0.2, 0) is 21.7 Å². The zero-order valence-corrected chi connectivity index (χ0v) is 77.4. The topological polar surface area (TPSA) is 6.48 Å². The van der Waals surface area contributed by atoms with Gasteiger partial charge in [0.25, 0.3) is 0 Å². The molecule has 0 N–H and O–H groups in total. The molecule has 12 aromatic rings. The van der Waals surface area contributed by atoms with Crippen molar-refractivity contribution in [2.75, 3.05) is 9.80 Å². The molecule has 0 spiro atoms. The standard InChI is InChI=1S/C116H140N2S2/c1-15-20-24-28-32-36-76-115(77-37-33-29-25-21-16-2)106-79-91(51-69-102(106)103-71-53-93(81-107(103)115)110-74-75-112(120-110)111-73-44-86(9)119-111)87(10)114(13,14)94-54-67-101(68-55-94)118(97-59-42-84(7)43-60-97)99-63-47-89(48-64-99)88-45-61-98(62-46-88)117(96-57-40-83(6)41-58-96)100-65-49-90(50-66-100)92-52-70-104-105-72-56-95(113(11,12)19-5)82-109(105)116(108(104)80-92,78-38-34-30-26-22-17-3)85(8)39-35-31-27-23-18-4/h40-75,79-82,85,87H,15-39,76-78H2,1-14H3. The van der Waals surface area contributed by atoms with Crippen LogP contribution in [0.4, 0.5) is 34.1 Å². The normalized spacial score (nSPS) is 14.6. The fourth-order valence-corrected chi connectivity index (χ4v) is 22.3. The van der Waals surface area contributed by atoms with Crippen LogP contribution in [0.1, 0.15) is 317 Å². The molecular formula is C116H140N2S2. The van der Waals surface area contributed by atoms with Crippen LogP contribution >= 0.6 is 22.7 Å². The summed E-state index contributed by atoms with van der Waals surface area (Å²) in [4.78, 5) is 10.4. The van der Waals surface area contributed by atoms with Crippen molar-refractivity contribution in [2.45, 2.75) is 304 Å². The van der Waals surface area contributed by atoms with Crippen LogP contribution in [0.2, 0.25) is 0 Å². The van der Waals surface area contributed by atoms with E-state index >= 15 is 0 Å². The summed E-state index contributed by atoms with van der Waals surface area (Å²) in [5, 5.41) is 0. The number of hydrogen-bond acceptors (Lipinski definition) is 4. The first-order valence-corrected chi connectivity index (χ1v) is 48.9. The molecule has 0 fully saturated rings. The summed E-state index contributed by atoms with van der Waals surface area (Å²) in [5.74, 6) is 0.775. The highest BCUT2D eigenvalue weighted by molar-refractivity contribution is 7.23. The molecule has 2 heterocycles. The molecule has 2 aromatic heterocycles. The van der Waals surface area contributed by atoms with E-state index in [0.717, 1.165) is 40.5 Å². The first-order valence-electron chi connectivity index (χ1n) is 47.2. The average molecular weight is 1630 g/mol. The molecule has 0 saturated heterocycles. The minimum Gasteiger partial charge on any atom is -0.311 e. The third-order valence-electron chi connectivity index (χ3n) is 28.7. The summed E-state index contributed by atoms with van der Waals surface area (Å²) >= 11 is 3.87. The maximum Gasteiger partial charge on any atom is 0.0462 e. The number of thiophene rings is 2. The van der Waals surface area contributed by atoms with E-state index in [2.05, 4.69) is 349 Å². The van der Waals surface area contributed by atoms with Crippen molar-refractivity contribution < 1.29 is 0 Å². The molecule has 0 bridgehead atoms. The largest absolute Gasteiger partial charge is 0.311 e. The van der Waals surface area contributed by atoms with Gasteiger partial charge >= 0.3 is 0 Å². The van der Waals surface area contributed by atoms with E-state index < -0.39 is 0 Å².